The lowest BCUT2D eigenvalue weighted by atomic mass is 9.93. The molecule has 1 aromatic heterocycles. The van der Waals surface area contributed by atoms with E-state index in [1.807, 2.05) is 0 Å². The van der Waals surface area contributed by atoms with E-state index in [1.165, 1.54) is 41.3 Å². The van der Waals surface area contributed by atoms with Gasteiger partial charge in [-0.3, -0.25) is 15.1 Å². The molecule has 1 N–H and O–H groups in total. The van der Waals surface area contributed by atoms with Gasteiger partial charge in [-0.2, -0.15) is 22.0 Å². The van der Waals surface area contributed by atoms with Crippen LogP contribution in [0.25, 0.3) is 0 Å². The molecule has 0 bridgehead atoms. The highest BCUT2D eigenvalue weighted by atomic mass is 19.4. The molecule has 0 saturated carbocycles. The third kappa shape index (κ3) is 7.23. The number of carbonyl (C=O) groups is 1. The molecule has 0 spiro atoms. The van der Waals surface area contributed by atoms with Gasteiger partial charge in [-0.25, -0.2) is 0 Å². The van der Waals surface area contributed by atoms with E-state index in [4.69, 9.17) is 0 Å². The molecule has 6 nitrogen and oxygen atoms in total. The van der Waals surface area contributed by atoms with Gasteiger partial charge < -0.3 is 14.4 Å². The molecule has 1 fully saturated rings. The Morgan fingerprint density at radius 2 is 1.63 bits per heavy atom. The maximum Gasteiger partial charge on any atom is 0.573 e. The molecule has 0 radical (unpaired) electrons. The summed E-state index contributed by atoms with van der Waals surface area (Å²) in [5, 5.41) is 3.13. The molecular weight excluding hydrogens is 566 g/mol. The van der Waals surface area contributed by atoms with Gasteiger partial charge >= 0.3 is 19.2 Å². The first kappa shape index (κ1) is 30.0. The zero-order chi connectivity index (χ0) is 30.2. The van der Waals surface area contributed by atoms with E-state index in [2.05, 4.69) is 19.8 Å². The van der Waals surface area contributed by atoms with E-state index in [9.17, 15) is 39.9 Å². The van der Waals surface area contributed by atoms with E-state index in [0.29, 0.717) is 11.1 Å². The number of carbonyl (C=O) groups excluding carboxylic acids is 1. The molecule has 2 heterocycles. The molecule has 220 valence electrons. The fourth-order valence-electron chi connectivity index (χ4n) is 4.62. The van der Waals surface area contributed by atoms with Crippen molar-refractivity contribution in [3.8, 4) is 11.5 Å². The number of aromatic nitrogens is 1. The summed E-state index contributed by atoms with van der Waals surface area (Å²) in [5.74, 6) is -1.18. The van der Waals surface area contributed by atoms with Crippen molar-refractivity contribution >= 4 is 11.6 Å². The van der Waals surface area contributed by atoms with Gasteiger partial charge in [0.25, 0.3) is 0 Å². The van der Waals surface area contributed by atoms with E-state index in [1.54, 1.807) is 19.9 Å². The van der Waals surface area contributed by atoms with Gasteiger partial charge in [-0.1, -0.05) is 18.2 Å². The van der Waals surface area contributed by atoms with Crippen molar-refractivity contribution in [1.82, 2.24) is 10.3 Å². The number of amides is 1. The lowest BCUT2D eigenvalue weighted by Gasteiger charge is -2.30. The zero-order valence-corrected chi connectivity index (χ0v) is 21.4. The summed E-state index contributed by atoms with van der Waals surface area (Å²) in [6, 6.07) is 10.6. The smallest absolute Gasteiger partial charge is 0.435 e. The molecule has 2 atom stereocenters. The van der Waals surface area contributed by atoms with Gasteiger partial charge in [0, 0.05) is 17.4 Å². The van der Waals surface area contributed by atoms with Crippen molar-refractivity contribution in [2.45, 2.75) is 57.0 Å². The molecule has 1 amide bonds. The van der Waals surface area contributed by atoms with Crippen LogP contribution in [0.2, 0.25) is 0 Å². The van der Waals surface area contributed by atoms with Crippen molar-refractivity contribution in [1.29, 1.82) is 0 Å². The van der Waals surface area contributed by atoms with Gasteiger partial charge in [0.05, 0.1) is 12.1 Å². The number of anilines is 1. The van der Waals surface area contributed by atoms with Gasteiger partial charge in [0.1, 0.15) is 17.2 Å². The molecule has 2 aromatic carbocycles. The van der Waals surface area contributed by atoms with Gasteiger partial charge in [0.2, 0.25) is 5.91 Å². The quantitative estimate of drug-likeness (QED) is 0.288. The molecule has 1 aliphatic rings. The molecule has 14 heteroatoms. The second-order valence-electron chi connectivity index (χ2n) is 9.70. The molecule has 0 aliphatic carbocycles. The van der Waals surface area contributed by atoms with Crippen LogP contribution < -0.4 is 19.7 Å². The third-order valence-electron chi connectivity index (χ3n) is 6.43. The predicted molar refractivity (Wildman–Crippen MR) is 130 cm³/mol. The number of benzene rings is 2. The maximum atomic E-state index is 13.7. The highest BCUT2D eigenvalue weighted by molar-refractivity contribution is 6.00. The number of hydrogen-bond donors (Lipinski definition) is 1. The average Bonchev–Trinajstić information content (AvgIpc) is 3.18. The Hall–Kier alpha value is -3.94. The van der Waals surface area contributed by atoms with Crippen LogP contribution in [0.1, 0.15) is 43.1 Å². The first-order chi connectivity index (χ1) is 19.0. The van der Waals surface area contributed by atoms with Gasteiger partial charge in [-0.15, -0.1) is 13.2 Å². The lowest BCUT2D eigenvalue weighted by Crippen LogP contribution is -2.47. The van der Waals surface area contributed by atoms with Crippen molar-refractivity contribution in [3.05, 3.63) is 83.7 Å². The summed E-state index contributed by atoms with van der Waals surface area (Å²) in [5.41, 5.74) is -1.17. The Kier molecular flexibility index (Phi) is 8.16. The first-order valence-corrected chi connectivity index (χ1v) is 12.1. The largest absolute Gasteiger partial charge is 0.573 e. The molecule has 41 heavy (non-hydrogen) atoms. The SMILES string of the molecule is CC(C)(N[C@@H]1C[C@H](c2cccc(OC(F)F)c2)N(c2ccc(OC(F)(F)F)cc2)C1=O)c1ccc(C(F)(F)F)nc1. The van der Waals surface area contributed by atoms with Crippen LogP contribution in [0.5, 0.6) is 11.5 Å². The lowest BCUT2D eigenvalue weighted by molar-refractivity contribution is -0.274. The molecule has 1 saturated heterocycles. The van der Waals surface area contributed by atoms with E-state index < -0.39 is 54.1 Å². The number of nitrogens with one attached hydrogen (secondary N) is 1. The third-order valence-corrected chi connectivity index (χ3v) is 6.43. The average molecular weight is 589 g/mol. The molecule has 3 aromatic rings. The highest BCUT2D eigenvalue weighted by Crippen LogP contribution is 2.40. The van der Waals surface area contributed by atoms with Crippen LogP contribution in [-0.4, -0.2) is 29.9 Å². The Morgan fingerprint density at radius 3 is 2.20 bits per heavy atom. The Balaban J connectivity index is 1.66. The standard InChI is InChI=1S/C27H23F8N3O3/c1-25(2,16-6-11-22(36-14-16)26(30,31)32)37-20-13-21(15-4-3-5-19(12-15)40-24(28)29)38(23(20)39)17-7-9-18(10-8-17)41-27(33,34)35/h3-12,14,20-21,24,37H,13H2,1-2H3/t20-,21-/m1/s1. The monoisotopic (exact) mass is 589 g/mol. The Labute approximate surface area is 228 Å². The number of nitrogens with zero attached hydrogens (tertiary/aromatic N) is 2. The van der Waals surface area contributed by atoms with E-state index >= 15 is 0 Å². The summed E-state index contributed by atoms with van der Waals surface area (Å²) in [4.78, 5) is 18.5. The minimum Gasteiger partial charge on any atom is -0.435 e. The Morgan fingerprint density at radius 1 is 0.951 bits per heavy atom. The van der Waals surface area contributed by atoms with Crippen LogP contribution >= 0.6 is 0 Å². The molecule has 0 unspecified atom stereocenters. The van der Waals surface area contributed by atoms with Crippen LogP contribution in [0.3, 0.4) is 0 Å². The van der Waals surface area contributed by atoms with Crippen LogP contribution in [0.15, 0.2) is 66.9 Å². The van der Waals surface area contributed by atoms with Crippen LogP contribution in [-0.2, 0) is 16.5 Å². The number of pyridine rings is 1. The minimum atomic E-state index is -4.92. The van der Waals surface area contributed by atoms with Crippen molar-refractivity contribution in [2.24, 2.45) is 0 Å². The summed E-state index contributed by atoms with van der Waals surface area (Å²) in [7, 11) is 0. The van der Waals surface area contributed by atoms with Crippen molar-refractivity contribution in [2.75, 3.05) is 4.90 Å². The number of halogens is 8. The maximum absolute atomic E-state index is 13.7. The summed E-state index contributed by atoms with van der Waals surface area (Å²) in [6.07, 6.45) is -8.43. The van der Waals surface area contributed by atoms with Crippen LogP contribution in [0, 0.1) is 0 Å². The first-order valence-electron chi connectivity index (χ1n) is 12.1. The van der Waals surface area contributed by atoms with Crippen LogP contribution in [0.4, 0.5) is 40.8 Å². The number of hydrogen-bond acceptors (Lipinski definition) is 5. The molecule has 4 rings (SSSR count). The highest BCUT2D eigenvalue weighted by Gasteiger charge is 2.44. The topological polar surface area (TPSA) is 63.7 Å². The predicted octanol–water partition coefficient (Wildman–Crippen LogP) is 6.97. The summed E-state index contributed by atoms with van der Waals surface area (Å²) >= 11 is 0. The second-order valence-corrected chi connectivity index (χ2v) is 9.70. The van der Waals surface area contributed by atoms with Crippen molar-refractivity contribution in [3.63, 3.8) is 0 Å². The normalized spacial score (nSPS) is 18.2. The van der Waals surface area contributed by atoms with E-state index in [0.717, 1.165) is 24.4 Å². The summed E-state index contributed by atoms with van der Waals surface area (Å²) in [6.45, 7) is 0.186. The number of ether oxygens (including phenoxy) is 2. The zero-order valence-electron chi connectivity index (χ0n) is 21.4. The molecule has 1 aliphatic heterocycles. The Bertz CT molecular complexity index is 1360. The van der Waals surface area contributed by atoms with Gasteiger partial charge in [0.15, 0.2) is 0 Å². The molecular formula is C27H23F8N3O3. The van der Waals surface area contributed by atoms with Gasteiger partial charge in [-0.05, 0) is 73.9 Å². The second kappa shape index (κ2) is 11.1. The number of rotatable bonds is 8. The fourth-order valence-corrected chi connectivity index (χ4v) is 4.62. The summed E-state index contributed by atoms with van der Waals surface area (Å²) < 4.78 is 111. The van der Waals surface area contributed by atoms with E-state index in [-0.39, 0.29) is 17.9 Å². The van der Waals surface area contributed by atoms with Crippen molar-refractivity contribution < 1.29 is 49.4 Å². The number of alkyl halides is 8. The fraction of sp³-hybridized carbons (Fsp3) is 0.333. The minimum absolute atomic E-state index is 0.0786.